The first-order valence-electron chi connectivity index (χ1n) is 8.50. The van der Waals surface area contributed by atoms with Crippen molar-refractivity contribution in [3.8, 4) is 0 Å². The van der Waals surface area contributed by atoms with Crippen LogP contribution in [0.3, 0.4) is 0 Å². The van der Waals surface area contributed by atoms with Gasteiger partial charge in [0.1, 0.15) is 5.78 Å². The Bertz CT molecular complexity index is 595. The molecule has 1 unspecified atom stereocenters. The molecule has 2 fully saturated rings. The van der Waals surface area contributed by atoms with Gasteiger partial charge >= 0.3 is 0 Å². The number of ketones is 2. The Hall–Kier alpha value is -1.18. The Kier molecular flexibility index (Phi) is 2.83. The van der Waals surface area contributed by atoms with E-state index in [4.69, 9.17) is 0 Å². The second-order valence-corrected chi connectivity index (χ2v) is 7.80. The summed E-state index contributed by atoms with van der Waals surface area (Å²) in [4.78, 5) is 24.1. The van der Waals surface area contributed by atoms with Gasteiger partial charge in [0.05, 0.1) is 0 Å². The van der Waals surface area contributed by atoms with Crippen LogP contribution in [0.5, 0.6) is 0 Å². The average Bonchev–Trinajstić information content (AvgIpc) is 2.76. The lowest BCUT2D eigenvalue weighted by Gasteiger charge is -2.47. The van der Waals surface area contributed by atoms with Gasteiger partial charge in [-0.3, -0.25) is 9.59 Å². The molecule has 4 rings (SSSR count). The molecule has 0 spiro atoms. The summed E-state index contributed by atoms with van der Waals surface area (Å²) < 4.78 is 0. The summed E-state index contributed by atoms with van der Waals surface area (Å²) in [6.45, 7) is 4.48. The molecule has 0 aromatic heterocycles. The van der Waals surface area contributed by atoms with Crippen LogP contribution in [0.2, 0.25) is 0 Å². The summed E-state index contributed by atoms with van der Waals surface area (Å²) in [6, 6.07) is 0. The number of carbonyl (C=O) groups excluding carboxylic acids is 2. The fraction of sp³-hybridized carbons (Fsp3) is 0.684. The summed E-state index contributed by atoms with van der Waals surface area (Å²) in [5, 5.41) is 0. The molecule has 0 aliphatic heterocycles. The minimum absolute atomic E-state index is 0.0554. The van der Waals surface area contributed by atoms with Crippen molar-refractivity contribution in [2.75, 3.05) is 0 Å². The fourth-order valence-electron chi connectivity index (χ4n) is 5.59. The van der Waals surface area contributed by atoms with Gasteiger partial charge in [0.2, 0.25) is 0 Å². The van der Waals surface area contributed by atoms with Gasteiger partial charge in [-0.25, -0.2) is 0 Å². The number of allylic oxidation sites excluding steroid dienone is 4. The van der Waals surface area contributed by atoms with Gasteiger partial charge in [-0.15, -0.1) is 0 Å². The number of Topliss-reactive ketones (excluding diaryl/α,β-unsaturated/α-hetero) is 1. The summed E-state index contributed by atoms with van der Waals surface area (Å²) in [6.07, 6.45) is 8.67. The average molecular weight is 284 g/mol. The summed E-state index contributed by atoms with van der Waals surface area (Å²) in [5.41, 5.74) is 4.38. The van der Waals surface area contributed by atoms with Crippen molar-refractivity contribution in [2.24, 2.45) is 23.2 Å². The van der Waals surface area contributed by atoms with Crippen molar-refractivity contribution in [1.29, 1.82) is 0 Å². The third-order valence-electron chi connectivity index (χ3n) is 6.80. The van der Waals surface area contributed by atoms with Crippen molar-refractivity contribution in [1.82, 2.24) is 0 Å². The first kappa shape index (κ1) is 13.5. The smallest absolute Gasteiger partial charge is 0.156 e. The molecular weight excluding hydrogens is 260 g/mol. The van der Waals surface area contributed by atoms with Gasteiger partial charge < -0.3 is 0 Å². The molecule has 4 aliphatic rings. The number of rotatable bonds is 0. The van der Waals surface area contributed by atoms with Gasteiger partial charge in [-0.1, -0.05) is 19.4 Å². The molecule has 0 radical (unpaired) electrons. The van der Waals surface area contributed by atoms with Crippen LogP contribution < -0.4 is 0 Å². The lowest BCUT2D eigenvalue weighted by Crippen LogP contribution is -2.41. The van der Waals surface area contributed by atoms with Crippen LogP contribution in [0, 0.1) is 23.2 Å². The molecule has 112 valence electrons. The summed E-state index contributed by atoms with van der Waals surface area (Å²) in [5.74, 6) is 2.45. The van der Waals surface area contributed by atoms with E-state index in [0.717, 1.165) is 38.5 Å². The van der Waals surface area contributed by atoms with E-state index in [1.54, 1.807) is 5.57 Å². The Morgan fingerprint density at radius 3 is 2.76 bits per heavy atom. The van der Waals surface area contributed by atoms with E-state index in [1.807, 2.05) is 6.08 Å². The molecule has 2 saturated carbocycles. The van der Waals surface area contributed by atoms with Crippen LogP contribution in [-0.2, 0) is 9.59 Å². The fourth-order valence-corrected chi connectivity index (χ4v) is 5.59. The van der Waals surface area contributed by atoms with E-state index in [9.17, 15) is 9.59 Å². The van der Waals surface area contributed by atoms with Crippen molar-refractivity contribution in [3.05, 3.63) is 22.8 Å². The molecule has 4 atom stereocenters. The van der Waals surface area contributed by atoms with Crippen LogP contribution in [0.4, 0.5) is 0 Å². The second kappa shape index (κ2) is 4.41. The van der Waals surface area contributed by atoms with E-state index >= 15 is 0 Å². The van der Waals surface area contributed by atoms with Crippen molar-refractivity contribution in [2.45, 2.75) is 58.8 Å². The molecule has 0 bridgehead atoms. The van der Waals surface area contributed by atoms with Crippen LogP contribution >= 0.6 is 0 Å². The molecule has 2 nitrogen and oxygen atoms in total. The van der Waals surface area contributed by atoms with Crippen LogP contribution in [0.25, 0.3) is 0 Å². The molecule has 21 heavy (non-hydrogen) atoms. The summed E-state index contributed by atoms with van der Waals surface area (Å²) >= 11 is 0. The number of carbonyl (C=O) groups is 2. The predicted molar refractivity (Wildman–Crippen MR) is 81.7 cm³/mol. The first-order chi connectivity index (χ1) is 10.0. The van der Waals surface area contributed by atoms with E-state index < -0.39 is 0 Å². The maximum absolute atomic E-state index is 12.3. The quantitative estimate of drug-likeness (QED) is 0.673. The Morgan fingerprint density at radius 2 is 1.95 bits per heavy atom. The maximum atomic E-state index is 12.3. The lowest BCUT2D eigenvalue weighted by molar-refractivity contribution is -0.128. The Balaban J connectivity index is 1.79. The van der Waals surface area contributed by atoms with Crippen molar-refractivity contribution in [3.63, 3.8) is 0 Å². The molecule has 0 amide bonds. The van der Waals surface area contributed by atoms with Crippen LogP contribution in [0.1, 0.15) is 58.8 Å². The largest absolute Gasteiger partial charge is 0.299 e. The topological polar surface area (TPSA) is 34.1 Å². The normalized spacial score (nSPS) is 42.4. The molecule has 0 aromatic carbocycles. The Labute approximate surface area is 126 Å². The molecule has 4 aliphatic carbocycles. The monoisotopic (exact) mass is 284 g/mol. The van der Waals surface area contributed by atoms with Gasteiger partial charge in [0, 0.05) is 18.3 Å². The van der Waals surface area contributed by atoms with E-state index in [2.05, 4.69) is 13.8 Å². The van der Waals surface area contributed by atoms with Crippen molar-refractivity contribution < 1.29 is 9.59 Å². The zero-order valence-electron chi connectivity index (χ0n) is 13.1. The highest BCUT2D eigenvalue weighted by Crippen LogP contribution is 2.59. The Morgan fingerprint density at radius 1 is 1.14 bits per heavy atom. The maximum Gasteiger partial charge on any atom is 0.156 e. The van der Waals surface area contributed by atoms with Gasteiger partial charge in [-0.2, -0.15) is 0 Å². The highest BCUT2D eigenvalue weighted by Gasteiger charge is 2.53. The standard InChI is InChI=1S/C19H24O2/c1-11-9-16-14(13-4-3-12(20)10-15(11)13)7-8-19(2)17(16)5-6-18(19)21/h10-11,16-17H,3-9H2,1-2H3/t11?,16-,17+,19+/m1/s1. The predicted octanol–water partition coefficient (Wildman–Crippen LogP) is 4.01. The minimum Gasteiger partial charge on any atom is -0.299 e. The SMILES string of the molecule is CC1C[C@@H]2C(=C3CCC(=O)C=C31)CC[C@]1(C)C(=O)CC[C@@H]21. The van der Waals surface area contributed by atoms with E-state index in [0.29, 0.717) is 35.7 Å². The minimum atomic E-state index is -0.0554. The van der Waals surface area contributed by atoms with Gasteiger partial charge in [-0.05, 0) is 67.1 Å². The molecule has 0 N–H and O–H groups in total. The van der Waals surface area contributed by atoms with Gasteiger partial charge in [0.15, 0.2) is 5.78 Å². The van der Waals surface area contributed by atoms with Gasteiger partial charge in [0.25, 0.3) is 0 Å². The molecular formula is C19H24O2. The number of hydrogen-bond donors (Lipinski definition) is 0. The second-order valence-electron chi connectivity index (χ2n) is 7.80. The van der Waals surface area contributed by atoms with Crippen LogP contribution in [-0.4, -0.2) is 11.6 Å². The summed E-state index contributed by atoms with van der Waals surface area (Å²) in [7, 11) is 0. The van der Waals surface area contributed by atoms with E-state index in [1.165, 1.54) is 11.1 Å². The number of fused-ring (bicyclic) bond motifs is 4. The molecule has 0 heterocycles. The van der Waals surface area contributed by atoms with E-state index in [-0.39, 0.29) is 5.41 Å². The third-order valence-corrected chi connectivity index (χ3v) is 6.80. The highest BCUT2D eigenvalue weighted by molar-refractivity contribution is 5.93. The highest BCUT2D eigenvalue weighted by atomic mass is 16.1. The molecule has 0 saturated heterocycles. The van der Waals surface area contributed by atoms with Crippen molar-refractivity contribution >= 4 is 11.6 Å². The lowest BCUT2D eigenvalue weighted by atomic mass is 9.56. The number of hydrogen-bond acceptors (Lipinski definition) is 2. The third kappa shape index (κ3) is 1.77. The molecule has 0 aromatic rings. The molecule has 2 heteroatoms. The van der Waals surface area contributed by atoms with Crippen LogP contribution in [0.15, 0.2) is 22.8 Å². The first-order valence-corrected chi connectivity index (χ1v) is 8.50. The zero-order valence-corrected chi connectivity index (χ0v) is 13.1. The zero-order chi connectivity index (χ0) is 14.8.